The fourth-order valence-corrected chi connectivity index (χ4v) is 2.48. The average Bonchev–Trinajstić information content (AvgIpc) is 3.13. The van der Waals surface area contributed by atoms with Gasteiger partial charge in [0.2, 0.25) is 0 Å². The van der Waals surface area contributed by atoms with E-state index in [4.69, 9.17) is 9.84 Å². The Morgan fingerprint density at radius 1 is 1.50 bits per heavy atom. The predicted molar refractivity (Wildman–Crippen MR) is 68.6 cm³/mol. The highest BCUT2D eigenvalue weighted by Crippen LogP contribution is 2.32. The minimum atomic E-state index is -0.728. The molecule has 0 aromatic heterocycles. The zero-order valence-electron chi connectivity index (χ0n) is 11.3. The van der Waals surface area contributed by atoms with Crippen LogP contribution in [-0.2, 0) is 9.53 Å². The molecule has 1 aliphatic carbocycles. The summed E-state index contributed by atoms with van der Waals surface area (Å²) < 4.78 is 5.69. The number of hydrogen-bond donors (Lipinski definition) is 2. The Bertz CT molecular complexity index is 292. The standard InChI is InChI=1S/C13H24N2O3/c1-9(2)15-5-6-18-11(8-15)7-14-12(13(16)17)10-3-4-10/h9-12,14H,3-8H2,1-2H3,(H,16,17). The van der Waals surface area contributed by atoms with Crippen molar-refractivity contribution in [1.29, 1.82) is 0 Å². The molecule has 1 saturated heterocycles. The zero-order chi connectivity index (χ0) is 13.1. The van der Waals surface area contributed by atoms with Crippen LogP contribution in [0.25, 0.3) is 0 Å². The van der Waals surface area contributed by atoms with Gasteiger partial charge in [-0.3, -0.25) is 9.69 Å². The molecular weight excluding hydrogens is 232 g/mol. The summed E-state index contributed by atoms with van der Waals surface area (Å²) >= 11 is 0. The molecule has 2 aliphatic rings. The van der Waals surface area contributed by atoms with E-state index >= 15 is 0 Å². The number of nitrogens with one attached hydrogen (secondary N) is 1. The third kappa shape index (κ3) is 3.67. The number of nitrogens with zero attached hydrogens (tertiary/aromatic N) is 1. The van der Waals surface area contributed by atoms with E-state index in [-0.39, 0.29) is 12.1 Å². The van der Waals surface area contributed by atoms with Crippen LogP contribution in [0.5, 0.6) is 0 Å². The molecule has 1 aliphatic heterocycles. The molecule has 0 bridgehead atoms. The van der Waals surface area contributed by atoms with Crippen LogP contribution in [0.1, 0.15) is 26.7 Å². The van der Waals surface area contributed by atoms with E-state index in [9.17, 15) is 4.79 Å². The summed E-state index contributed by atoms with van der Waals surface area (Å²) in [5.41, 5.74) is 0. The van der Waals surface area contributed by atoms with E-state index < -0.39 is 5.97 Å². The molecule has 0 aromatic rings. The third-order valence-electron chi connectivity index (χ3n) is 3.83. The Kier molecular flexibility index (Phi) is 4.59. The van der Waals surface area contributed by atoms with Gasteiger partial charge in [-0.25, -0.2) is 0 Å². The number of hydrogen-bond acceptors (Lipinski definition) is 4. The Morgan fingerprint density at radius 3 is 2.78 bits per heavy atom. The second kappa shape index (κ2) is 5.99. The summed E-state index contributed by atoms with van der Waals surface area (Å²) in [6.45, 7) is 7.60. The van der Waals surface area contributed by atoms with Gasteiger partial charge in [-0.05, 0) is 32.6 Å². The van der Waals surface area contributed by atoms with E-state index in [0.717, 1.165) is 32.5 Å². The molecule has 0 amide bonds. The monoisotopic (exact) mass is 256 g/mol. The Morgan fingerprint density at radius 2 is 2.22 bits per heavy atom. The fraction of sp³-hybridized carbons (Fsp3) is 0.923. The second-order valence-corrected chi connectivity index (χ2v) is 5.64. The molecule has 0 spiro atoms. The van der Waals surface area contributed by atoms with Crippen molar-refractivity contribution in [1.82, 2.24) is 10.2 Å². The van der Waals surface area contributed by atoms with Gasteiger partial charge in [0.25, 0.3) is 0 Å². The fourth-order valence-electron chi connectivity index (χ4n) is 2.48. The molecule has 0 radical (unpaired) electrons. The van der Waals surface area contributed by atoms with Gasteiger partial charge in [-0.15, -0.1) is 0 Å². The maximum atomic E-state index is 11.1. The molecule has 5 nitrogen and oxygen atoms in total. The smallest absolute Gasteiger partial charge is 0.320 e. The molecule has 2 atom stereocenters. The van der Waals surface area contributed by atoms with Crippen molar-refractivity contribution < 1.29 is 14.6 Å². The van der Waals surface area contributed by atoms with Crippen LogP contribution in [0.4, 0.5) is 0 Å². The van der Waals surface area contributed by atoms with Gasteiger partial charge in [-0.2, -0.15) is 0 Å². The van der Waals surface area contributed by atoms with Gasteiger partial charge < -0.3 is 15.2 Å². The highest BCUT2D eigenvalue weighted by molar-refractivity contribution is 5.74. The van der Waals surface area contributed by atoms with Gasteiger partial charge >= 0.3 is 5.97 Å². The van der Waals surface area contributed by atoms with Crippen molar-refractivity contribution in [3.05, 3.63) is 0 Å². The van der Waals surface area contributed by atoms with Crippen LogP contribution in [0.2, 0.25) is 0 Å². The van der Waals surface area contributed by atoms with Crippen LogP contribution < -0.4 is 5.32 Å². The molecule has 2 unspecified atom stereocenters. The summed E-state index contributed by atoms with van der Waals surface area (Å²) in [6, 6.07) is 0.137. The summed E-state index contributed by atoms with van der Waals surface area (Å²) in [5.74, 6) is -0.402. The number of carboxylic acids is 1. The number of rotatable bonds is 6. The first-order valence-corrected chi connectivity index (χ1v) is 6.89. The van der Waals surface area contributed by atoms with Gasteiger partial charge in [0.1, 0.15) is 6.04 Å². The number of aliphatic carboxylic acids is 1. The highest BCUT2D eigenvalue weighted by Gasteiger charge is 2.36. The molecule has 1 heterocycles. The van der Waals surface area contributed by atoms with E-state index in [2.05, 4.69) is 24.1 Å². The van der Waals surface area contributed by atoms with Crippen LogP contribution in [0.15, 0.2) is 0 Å². The largest absolute Gasteiger partial charge is 0.480 e. The van der Waals surface area contributed by atoms with E-state index in [1.807, 2.05) is 0 Å². The summed E-state index contributed by atoms with van der Waals surface area (Å²) in [6.07, 6.45) is 2.18. The number of carboxylic acid groups (broad SMARTS) is 1. The van der Waals surface area contributed by atoms with Crippen molar-refractivity contribution in [3.8, 4) is 0 Å². The maximum absolute atomic E-state index is 11.1. The molecule has 18 heavy (non-hydrogen) atoms. The molecular formula is C13H24N2O3. The zero-order valence-corrected chi connectivity index (χ0v) is 11.3. The highest BCUT2D eigenvalue weighted by atomic mass is 16.5. The second-order valence-electron chi connectivity index (χ2n) is 5.64. The van der Waals surface area contributed by atoms with Gasteiger partial charge in [0, 0.05) is 25.7 Å². The van der Waals surface area contributed by atoms with Gasteiger partial charge in [0.05, 0.1) is 12.7 Å². The van der Waals surface area contributed by atoms with Crippen molar-refractivity contribution in [2.24, 2.45) is 5.92 Å². The lowest BCUT2D eigenvalue weighted by Gasteiger charge is -2.36. The minimum absolute atomic E-state index is 0.113. The number of carbonyl (C=O) groups is 1. The lowest BCUT2D eigenvalue weighted by molar-refractivity contribution is -0.140. The minimum Gasteiger partial charge on any atom is -0.480 e. The Labute approximate surface area is 108 Å². The van der Waals surface area contributed by atoms with Gasteiger partial charge in [-0.1, -0.05) is 0 Å². The maximum Gasteiger partial charge on any atom is 0.320 e. The Balaban J connectivity index is 1.76. The normalized spacial score (nSPS) is 27.4. The first-order valence-electron chi connectivity index (χ1n) is 6.89. The van der Waals surface area contributed by atoms with Crippen molar-refractivity contribution >= 4 is 5.97 Å². The molecule has 104 valence electrons. The topological polar surface area (TPSA) is 61.8 Å². The third-order valence-corrected chi connectivity index (χ3v) is 3.83. The predicted octanol–water partition coefficient (Wildman–Crippen LogP) is 0.548. The lowest BCUT2D eigenvalue weighted by Crippen LogP contribution is -2.51. The molecule has 2 fully saturated rings. The number of ether oxygens (including phenoxy) is 1. The van der Waals surface area contributed by atoms with Crippen molar-refractivity contribution in [2.45, 2.75) is 44.9 Å². The molecule has 2 N–H and O–H groups in total. The summed E-state index contributed by atoms with van der Waals surface area (Å²) in [5, 5.41) is 12.3. The quantitative estimate of drug-likeness (QED) is 0.726. The summed E-state index contributed by atoms with van der Waals surface area (Å²) in [7, 11) is 0. The van der Waals surface area contributed by atoms with E-state index in [1.54, 1.807) is 0 Å². The Hall–Kier alpha value is -0.650. The van der Waals surface area contributed by atoms with Gasteiger partial charge in [0.15, 0.2) is 0 Å². The van der Waals surface area contributed by atoms with Crippen LogP contribution in [0.3, 0.4) is 0 Å². The number of morpholine rings is 1. The average molecular weight is 256 g/mol. The molecule has 1 saturated carbocycles. The molecule has 5 heteroatoms. The molecule has 0 aromatic carbocycles. The van der Waals surface area contributed by atoms with E-state index in [1.165, 1.54) is 0 Å². The lowest BCUT2D eigenvalue weighted by atomic mass is 10.1. The van der Waals surface area contributed by atoms with Crippen LogP contribution in [0, 0.1) is 5.92 Å². The molecule has 2 rings (SSSR count). The van der Waals surface area contributed by atoms with Crippen molar-refractivity contribution in [2.75, 3.05) is 26.2 Å². The van der Waals surface area contributed by atoms with Crippen molar-refractivity contribution in [3.63, 3.8) is 0 Å². The first kappa shape index (κ1) is 13.8. The van der Waals surface area contributed by atoms with Crippen LogP contribution in [-0.4, -0.2) is 60.4 Å². The first-order chi connectivity index (χ1) is 8.58. The van der Waals surface area contributed by atoms with E-state index in [0.29, 0.717) is 18.5 Å². The summed E-state index contributed by atoms with van der Waals surface area (Å²) in [4.78, 5) is 13.5. The SMILES string of the molecule is CC(C)N1CCOC(CNC(C(=O)O)C2CC2)C1. The van der Waals surface area contributed by atoms with Crippen LogP contribution >= 0.6 is 0 Å².